The fourth-order valence-corrected chi connectivity index (χ4v) is 4.48. The van der Waals surface area contributed by atoms with Crippen LogP contribution in [-0.2, 0) is 12.8 Å². The number of aryl methyl sites for hydroxylation is 2. The van der Waals surface area contributed by atoms with Gasteiger partial charge in [0.05, 0.1) is 10.6 Å². The highest BCUT2D eigenvalue weighted by Gasteiger charge is 2.17. The molecule has 0 fully saturated rings. The van der Waals surface area contributed by atoms with E-state index < -0.39 is 0 Å². The van der Waals surface area contributed by atoms with Crippen LogP contribution in [0, 0.1) is 0 Å². The number of carbonyl (C=O) groups excluding carboxylic acids is 1. The first-order valence-corrected chi connectivity index (χ1v) is 9.00. The fraction of sp³-hybridized carbons (Fsp3) is 0.312. The minimum absolute atomic E-state index is 0.0453. The number of thiophene rings is 1. The van der Waals surface area contributed by atoms with E-state index in [-0.39, 0.29) is 5.91 Å². The lowest BCUT2D eigenvalue weighted by atomic mass is 10.1. The van der Waals surface area contributed by atoms with E-state index in [0.717, 1.165) is 27.9 Å². The van der Waals surface area contributed by atoms with Gasteiger partial charge in [0.25, 0.3) is 5.91 Å². The third-order valence-electron chi connectivity index (χ3n) is 3.65. The second kappa shape index (κ2) is 6.51. The summed E-state index contributed by atoms with van der Waals surface area (Å²) in [6.45, 7) is 0. The van der Waals surface area contributed by atoms with Crippen LogP contribution in [0.1, 0.15) is 39.4 Å². The summed E-state index contributed by atoms with van der Waals surface area (Å²) in [5.74, 6) is -0.0453. The van der Waals surface area contributed by atoms with Crippen molar-refractivity contribution < 1.29 is 4.79 Å². The maximum Gasteiger partial charge on any atom is 0.265 e. The average Bonchev–Trinajstić information content (AvgIpc) is 2.73. The number of amides is 1. The monoisotopic (exact) mass is 383 g/mol. The lowest BCUT2D eigenvalue weighted by Gasteiger charge is -2.06. The van der Waals surface area contributed by atoms with Gasteiger partial charge in [0.1, 0.15) is 0 Å². The first-order chi connectivity index (χ1) is 10.1. The standard InChI is InChI=1S/C16H15BrClNOS/c17-12-9-11(18)6-7-13(12)19-16(20)15-8-10-4-2-1-3-5-14(10)21-15/h6-9H,1-5H2,(H,19,20). The van der Waals surface area contributed by atoms with Gasteiger partial charge >= 0.3 is 0 Å². The predicted octanol–water partition coefficient (Wildman–Crippen LogP) is 5.69. The van der Waals surface area contributed by atoms with Crippen molar-refractivity contribution in [1.82, 2.24) is 0 Å². The Bertz CT molecular complexity index is 659. The van der Waals surface area contributed by atoms with Crippen LogP contribution < -0.4 is 5.32 Å². The molecule has 1 aromatic carbocycles. The summed E-state index contributed by atoms with van der Waals surface area (Å²) in [7, 11) is 0. The molecule has 1 heterocycles. The second-order valence-corrected chi connectivity index (χ2v) is 7.63. The predicted molar refractivity (Wildman–Crippen MR) is 92.7 cm³/mol. The first kappa shape index (κ1) is 15.1. The second-order valence-electron chi connectivity index (χ2n) is 5.20. The lowest BCUT2D eigenvalue weighted by molar-refractivity contribution is 0.103. The van der Waals surface area contributed by atoms with Gasteiger partial charge in [-0.1, -0.05) is 18.0 Å². The van der Waals surface area contributed by atoms with Gasteiger partial charge in [-0.3, -0.25) is 4.79 Å². The number of hydrogen-bond acceptors (Lipinski definition) is 2. The van der Waals surface area contributed by atoms with Crippen molar-refractivity contribution >= 4 is 50.5 Å². The molecule has 1 N–H and O–H groups in total. The van der Waals surface area contributed by atoms with E-state index in [0.29, 0.717) is 5.02 Å². The molecule has 0 bridgehead atoms. The number of nitrogens with one attached hydrogen (secondary N) is 1. The van der Waals surface area contributed by atoms with Crippen molar-refractivity contribution in [2.75, 3.05) is 5.32 Å². The van der Waals surface area contributed by atoms with E-state index in [9.17, 15) is 4.79 Å². The third-order valence-corrected chi connectivity index (χ3v) is 5.78. The summed E-state index contributed by atoms with van der Waals surface area (Å²) in [6.07, 6.45) is 5.97. The van der Waals surface area contributed by atoms with Crippen molar-refractivity contribution in [2.45, 2.75) is 32.1 Å². The third kappa shape index (κ3) is 3.50. The van der Waals surface area contributed by atoms with Crippen LogP contribution in [0.2, 0.25) is 5.02 Å². The summed E-state index contributed by atoms with van der Waals surface area (Å²) in [5.41, 5.74) is 2.10. The summed E-state index contributed by atoms with van der Waals surface area (Å²) in [4.78, 5) is 14.6. The summed E-state index contributed by atoms with van der Waals surface area (Å²) in [5, 5.41) is 3.59. The van der Waals surface area contributed by atoms with E-state index in [1.54, 1.807) is 23.5 Å². The molecule has 3 rings (SSSR count). The van der Waals surface area contributed by atoms with E-state index in [4.69, 9.17) is 11.6 Å². The van der Waals surface area contributed by atoms with Crippen LogP contribution in [0.4, 0.5) is 5.69 Å². The molecule has 2 nitrogen and oxygen atoms in total. The zero-order chi connectivity index (χ0) is 14.8. The SMILES string of the molecule is O=C(Nc1ccc(Cl)cc1Br)c1cc2c(s1)CCCCC2. The molecule has 0 atom stereocenters. The van der Waals surface area contributed by atoms with Crippen LogP contribution in [0.3, 0.4) is 0 Å². The van der Waals surface area contributed by atoms with Crippen molar-refractivity contribution in [2.24, 2.45) is 0 Å². The van der Waals surface area contributed by atoms with Crippen LogP contribution >= 0.6 is 38.9 Å². The van der Waals surface area contributed by atoms with Gasteiger partial charge in [-0.2, -0.15) is 0 Å². The van der Waals surface area contributed by atoms with Crippen molar-refractivity contribution in [3.63, 3.8) is 0 Å². The highest BCUT2D eigenvalue weighted by Crippen LogP contribution is 2.31. The number of anilines is 1. The number of hydrogen-bond donors (Lipinski definition) is 1. The molecule has 0 unspecified atom stereocenters. The van der Waals surface area contributed by atoms with E-state index in [1.807, 2.05) is 6.07 Å². The Hall–Kier alpha value is -0.840. The number of fused-ring (bicyclic) bond motifs is 1. The van der Waals surface area contributed by atoms with Gasteiger partial charge in [0.15, 0.2) is 0 Å². The zero-order valence-corrected chi connectivity index (χ0v) is 14.6. The number of rotatable bonds is 2. The molecule has 2 aromatic rings. The molecule has 0 aliphatic heterocycles. The van der Waals surface area contributed by atoms with E-state index >= 15 is 0 Å². The molecule has 5 heteroatoms. The van der Waals surface area contributed by atoms with Crippen LogP contribution in [0.15, 0.2) is 28.7 Å². The molecule has 0 saturated heterocycles. The summed E-state index contributed by atoms with van der Waals surface area (Å²) in [6, 6.07) is 7.42. The van der Waals surface area contributed by atoms with Gasteiger partial charge in [0, 0.05) is 14.4 Å². The van der Waals surface area contributed by atoms with Crippen molar-refractivity contribution in [3.8, 4) is 0 Å². The molecule has 110 valence electrons. The fourth-order valence-electron chi connectivity index (χ4n) is 2.55. The van der Waals surface area contributed by atoms with Crippen molar-refractivity contribution in [3.05, 3.63) is 49.1 Å². The maximum absolute atomic E-state index is 12.4. The van der Waals surface area contributed by atoms with Crippen LogP contribution in [-0.4, -0.2) is 5.91 Å². The molecule has 1 aliphatic carbocycles. The Balaban J connectivity index is 1.79. The molecule has 0 saturated carbocycles. The Labute approximate surface area is 141 Å². The minimum atomic E-state index is -0.0453. The minimum Gasteiger partial charge on any atom is -0.320 e. The van der Waals surface area contributed by atoms with Gasteiger partial charge < -0.3 is 5.32 Å². The molecule has 1 aromatic heterocycles. The molecule has 1 aliphatic rings. The Kier molecular flexibility index (Phi) is 4.67. The smallest absolute Gasteiger partial charge is 0.265 e. The van der Waals surface area contributed by atoms with Crippen molar-refractivity contribution in [1.29, 1.82) is 0 Å². The largest absolute Gasteiger partial charge is 0.320 e. The van der Waals surface area contributed by atoms with Gasteiger partial charge in [-0.15, -0.1) is 11.3 Å². The number of benzene rings is 1. The van der Waals surface area contributed by atoms with E-state index in [1.165, 1.54) is 29.7 Å². The van der Waals surface area contributed by atoms with Gasteiger partial charge in [-0.25, -0.2) is 0 Å². The Morgan fingerprint density at radius 2 is 2.00 bits per heavy atom. The molecule has 0 spiro atoms. The Morgan fingerprint density at radius 3 is 2.81 bits per heavy atom. The highest BCUT2D eigenvalue weighted by atomic mass is 79.9. The van der Waals surface area contributed by atoms with Crippen LogP contribution in [0.5, 0.6) is 0 Å². The van der Waals surface area contributed by atoms with Gasteiger partial charge in [-0.05, 0) is 71.4 Å². The molecule has 21 heavy (non-hydrogen) atoms. The molecular formula is C16H15BrClNOS. The van der Waals surface area contributed by atoms with Gasteiger partial charge in [0.2, 0.25) is 0 Å². The zero-order valence-electron chi connectivity index (χ0n) is 11.4. The topological polar surface area (TPSA) is 29.1 Å². The summed E-state index contributed by atoms with van der Waals surface area (Å²) < 4.78 is 0.793. The molecular weight excluding hydrogens is 370 g/mol. The van der Waals surface area contributed by atoms with E-state index in [2.05, 4.69) is 27.3 Å². The normalized spacial score (nSPS) is 14.4. The maximum atomic E-state index is 12.4. The Morgan fingerprint density at radius 1 is 1.19 bits per heavy atom. The quantitative estimate of drug-likeness (QED) is 0.663. The van der Waals surface area contributed by atoms with Crippen LogP contribution in [0.25, 0.3) is 0 Å². The molecule has 1 amide bonds. The summed E-state index contributed by atoms with van der Waals surface area (Å²) >= 11 is 11.0. The number of carbonyl (C=O) groups is 1. The number of halogens is 2. The average molecular weight is 385 g/mol. The first-order valence-electron chi connectivity index (χ1n) is 7.01. The molecule has 0 radical (unpaired) electrons. The lowest BCUT2D eigenvalue weighted by Crippen LogP contribution is -2.10. The highest BCUT2D eigenvalue weighted by molar-refractivity contribution is 9.10.